The summed E-state index contributed by atoms with van der Waals surface area (Å²) in [5, 5.41) is 2.93. The van der Waals surface area contributed by atoms with E-state index in [0.717, 1.165) is 5.69 Å². The second-order valence-electron chi connectivity index (χ2n) is 2.38. The Kier molecular flexibility index (Phi) is 3.35. The van der Waals surface area contributed by atoms with Crippen LogP contribution in [0.25, 0.3) is 0 Å². The highest BCUT2D eigenvalue weighted by Crippen LogP contribution is 1.91. The first kappa shape index (κ1) is 8.80. The third kappa shape index (κ3) is 2.75. The molecule has 0 aliphatic heterocycles. The van der Waals surface area contributed by atoms with Crippen LogP contribution in [0, 0.1) is 0 Å². The zero-order valence-corrected chi connectivity index (χ0v) is 6.96. The summed E-state index contributed by atoms with van der Waals surface area (Å²) < 4.78 is 4.46. The number of aromatic nitrogens is 1. The van der Waals surface area contributed by atoms with E-state index in [2.05, 4.69) is 15.0 Å². The van der Waals surface area contributed by atoms with Crippen LogP contribution >= 0.6 is 0 Å². The van der Waals surface area contributed by atoms with E-state index in [1.807, 2.05) is 18.3 Å². The van der Waals surface area contributed by atoms with Crippen molar-refractivity contribution in [1.82, 2.24) is 10.3 Å². The Hall–Kier alpha value is -1.29. The van der Waals surface area contributed by atoms with Crippen LogP contribution in [-0.2, 0) is 16.1 Å². The maximum atomic E-state index is 10.6. The van der Waals surface area contributed by atoms with Crippen LogP contribution in [0.2, 0.25) is 0 Å². The zero-order valence-electron chi connectivity index (χ0n) is 6.96. The Morgan fingerprint density at radius 3 is 3.17 bits per heavy atom. The van der Waals surface area contributed by atoms with E-state index in [1.54, 1.807) is 0 Å². The van der Waals surface area contributed by atoms with E-state index in [4.69, 9.17) is 0 Å². The molecule has 0 unspecified atom stereocenters. The van der Waals surface area contributed by atoms with Crippen molar-refractivity contribution in [3.8, 4) is 0 Å². The lowest BCUT2D eigenvalue weighted by molar-refractivity contribution is -0.139. The minimum atomic E-state index is -0.249. The maximum absolute atomic E-state index is 10.6. The molecule has 66 valence electrons. The standard InChI is InChI=1S/C8H12N2O2/c1-12-8(11)6-9-5-7-3-2-4-10-7/h2-4,9-10H,5-6H2,1H3. The van der Waals surface area contributed by atoms with Gasteiger partial charge in [0.25, 0.3) is 0 Å². The molecule has 1 aromatic heterocycles. The van der Waals surface area contributed by atoms with Crippen LogP contribution in [0.3, 0.4) is 0 Å². The van der Waals surface area contributed by atoms with Crippen molar-refractivity contribution < 1.29 is 9.53 Å². The first-order chi connectivity index (χ1) is 5.83. The summed E-state index contributed by atoms with van der Waals surface area (Å²) in [6.45, 7) is 0.900. The van der Waals surface area contributed by atoms with Gasteiger partial charge in [-0.3, -0.25) is 4.79 Å². The van der Waals surface area contributed by atoms with E-state index in [0.29, 0.717) is 6.54 Å². The smallest absolute Gasteiger partial charge is 0.319 e. The van der Waals surface area contributed by atoms with Gasteiger partial charge in [-0.15, -0.1) is 0 Å². The SMILES string of the molecule is COC(=O)CNCc1ccc[nH]1. The van der Waals surface area contributed by atoms with E-state index in [-0.39, 0.29) is 12.5 Å². The van der Waals surface area contributed by atoms with Crippen molar-refractivity contribution in [3.05, 3.63) is 24.0 Å². The molecule has 1 aromatic rings. The van der Waals surface area contributed by atoms with Gasteiger partial charge in [0.2, 0.25) is 0 Å². The van der Waals surface area contributed by atoms with Crippen LogP contribution in [-0.4, -0.2) is 24.6 Å². The van der Waals surface area contributed by atoms with Crippen LogP contribution in [0.15, 0.2) is 18.3 Å². The normalized spacial score (nSPS) is 9.75. The molecular weight excluding hydrogens is 156 g/mol. The van der Waals surface area contributed by atoms with Gasteiger partial charge in [0, 0.05) is 18.4 Å². The highest BCUT2D eigenvalue weighted by molar-refractivity contribution is 5.71. The quantitative estimate of drug-likeness (QED) is 0.635. The van der Waals surface area contributed by atoms with Gasteiger partial charge in [0.05, 0.1) is 13.7 Å². The van der Waals surface area contributed by atoms with Crippen molar-refractivity contribution in [1.29, 1.82) is 0 Å². The fraction of sp³-hybridized carbons (Fsp3) is 0.375. The third-order valence-electron chi connectivity index (χ3n) is 1.47. The molecule has 0 amide bonds. The van der Waals surface area contributed by atoms with Gasteiger partial charge in [0.15, 0.2) is 0 Å². The maximum Gasteiger partial charge on any atom is 0.319 e. The van der Waals surface area contributed by atoms with Gasteiger partial charge < -0.3 is 15.0 Å². The largest absolute Gasteiger partial charge is 0.468 e. The minimum Gasteiger partial charge on any atom is -0.468 e. The molecule has 0 saturated heterocycles. The predicted molar refractivity (Wildman–Crippen MR) is 44.5 cm³/mol. The lowest BCUT2D eigenvalue weighted by atomic mass is 10.4. The molecule has 4 nitrogen and oxygen atoms in total. The summed E-state index contributed by atoms with van der Waals surface area (Å²) in [5.74, 6) is -0.249. The molecule has 0 saturated carbocycles. The zero-order chi connectivity index (χ0) is 8.81. The molecule has 1 rings (SSSR count). The van der Waals surface area contributed by atoms with Gasteiger partial charge in [0.1, 0.15) is 0 Å². The number of carbonyl (C=O) groups excluding carboxylic acids is 1. The Balaban J connectivity index is 2.15. The summed E-state index contributed by atoms with van der Waals surface area (Å²) in [6.07, 6.45) is 1.84. The van der Waals surface area contributed by atoms with Gasteiger partial charge in [-0.1, -0.05) is 0 Å². The van der Waals surface area contributed by atoms with E-state index in [1.165, 1.54) is 7.11 Å². The fourth-order valence-electron chi connectivity index (χ4n) is 0.849. The van der Waals surface area contributed by atoms with Crippen molar-refractivity contribution >= 4 is 5.97 Å². The fourth-order valence-corrected chi connectivity index (χ4v) is 0.849. The summed E-state index contributed by atoms with van der Waals surface area (Å²) in [6, 6.07) is 3.86. The van der Waals surface area contributed by atoms with Gasteiger partial charge in [-0.2, -0.15) is 0 Å². The number of hydrogen-bond donors (Lipinski definition) is 2. The monoisotopic (exact) mass is 168 g/mol. The molecule has 0 spiro atoms. The molecule has 0 aliphatic rings. The van der Waals surface area contributed by atoms with E-state index < -0.39 is 0 Å². The Labute approximate surface area is 70.9 Å². The number of ether oxygens (including phenoxy) is 1. The second-order valence-corrected chi connectivity index (χ2v) is 2.38. The van der Waals surface area contributed by atoms with Crippen molar-refractivity contribution in [2.75, 3.05) is 13.7 Å². The average Bonchev–Trinajstić information content (AvgIpc) is 2.57. The average molecular weight is 168 g/mol. The van der Waals surface area contributed by atoms with Crippen molar-refractivity contribution in [3.63, 3.8) is 0 Å². The number of rotatable bonds is 4. The van der Waals surface area contributed by atoms with Crippen LogP contribution in [0.4, 0.5) is 0 Å². The Bertz CT molecular complexity index is 231. The first-order valence-corrected chi connectivity index (χ1v) is 3.72. The molecule has 0 fully saturated rings. The Morgan fingerprint density at radius 2 is 2.58 bits per heavy atom. The molecule has 0 bridgehead atoms. The predicted octanol–water partition coefficient (Wildman–Crippen LogP) is 0.277. The molecular formula is C8H12N2O2. The molecule has 0 aliphatic carbocycles. The molecule has 12 heavy (non-hydrogen) atoms. The first-order valence-electron chi connectivity index (χ1n) is 3.72. The molecule has 0 atom stereocenters. The lowest BCUT2D eigenvalue weighted by Gasteiger charge is -2.00. The third-order valence-corrected chi connectivity index (χ3v) is 1.47. The van der Waals surface area contributed by atoms with Crippen LogP contribution in [0.5, 0.6) is 0 Å². The van der Waals surface area contributed by atoms with Gasteiger partial charge in [-0.25, -0.2) is 0 Å². The summed E-state index contributed by atoms with van der Waals surface area (Å²) in [7, 11) is 1.37. The number of methoxy groups -OCH3 is 1. The van der Waals surface area contributed by atoms with Crippen LogP contribution < -0.4 is 5.32 Å². The number of carbonyl (C=O) groups is 1. The van der Waals surface area contributed by atoms with E-state index in [9.17, 15) is 4.79 Å². The summed E-state index contributed by atoms with van der Waals surface area (Å²) in [5.41, 5.74) is 1.05. The molecule has 4 heteroatoms. The lowest BCUT2D eigenvalue weighted by Crippen LogP contribution is -2.23. The summed E-state index contributed by atoms with van der Waals surface area (Å²) in [4.78, 5) is 13.7. The van der Waals surface area contributed by atoms with Crippen LogP contribution in [0.1, 0.15) is 5.69 Å². The highest BCUT2D eigenvalue weighted by Gasteiger charge is 1.98. The number of H-pyrrole nitrogens is 1. The molecule has 0 radical (unpaired) electrons. The number of hydrogen-bond acceptors (Lipinski definition) is 3. The van der Waals surface area contributed by atoms with Crippen molar-refractivity contribution in [2.45, 2.75) is 6.54 Å². The second kappa shape index (κ2) is 4.56. The minimum absolute atomic E-state index is 0.246. The number of aromatic amines is 1. The Morgan fingerprint density at radius 1 is 1.75 bits per heavy atom. The van der Waals surface area contributed by atoms with Gasteiger partial charge in [-0.05, 0) is 12.1 Å². The van der Waals surface area contributed by atoms with Gasteiger partial charge >= 0.3 is 5.97 Å². The highest BCUT2D eigenvalue weighted by atomic mass is 16.5. The molecule has 2 N–H and O–H groups in total. The van der Waals surface area contributed by atoms with Crippen molar-refractivity contribution in [2.24, 2.45) is 0 Å². The number of esters is 1. The topological polar surface area (TPSA) is 54.1 Å². The molecule has 1 heterocycles. The number of nitrogens with one attached hydrogen (secondary N) is 2. The molecule has 0 aromatic carbocycles. The van der Waals surface area contributed by atoms with E-state index >= 15 is 0 Å². The summed E-state index contributed by atoms with van der Waals surface area (Å²) >= 11 is 0.